The summed E-state index contributed by atoms with van der Waals surface area (Å²) in [6, 6.07) is 0.891. The average molecular weight is 353 g/mol. The van der Waals surface area contributed by atoms with Crippen LogP contribution >= 0.6 is 0 Å². The molecular formula is C8H5F6N3O4S. The predicted octanol–water partition coefficient (Wildman–Crippen LogP) is 0.166. The zero-order valence-electron chi connectivity index (χ0n) is 10.1. The molecule has 0 bridgehead atoms. The Kier molecular flexibility index (Phi) is 4.34. The predicted molar refractivity (Wildman–Crippen MR) is 53.6 cm³/mol. The Morgan fingerprint density at radius 2 is 1.27 bits per heavy atom. The van der Waals surface area contributed by atoms with Crippen molar-refractivity contribution < 1.29 is 44.3 Å². The fourth-order valence-electron chi connectivity index (χ4n) is 1.50. The number of carbonyl (C=O) groups excluding carboxylic acids is 2. The van der Waals surface area contributed by atoms with E-state index in [9.17, 15) is 44.3 Å². The SMILES string of the molecule is N#CC1C(=O)N(CC(F)(F)F)S(=O)(=O)N(CC(F)(F)F)C1=O. The van der Waals surface area contributed by atoms with Gasteiger partial charge < -0.3 is 0 Å². The highest BCUT2D eigenvalue weighted by Gasteiger charge is 2.55. The first kappa shape index (κ1) is 18.0. The topological polar surface area (TPSA) is 98.6 Å². The van der Waals surface area contributed by atoms with Crippen molar-refractivity contribution in [2.45, 2.75) is 12.4 Å². The van der Waals surface area contributed by atoms with Crippen molar-refractivity contribution in [2.24, 2.45) is 5.92 Å². The number of amides is 2. The molecule has 0 aliphatic carbocycles. The molecule has 0 saturated carbocycles. The van der Waals surface area contributed by atoms with Crippen molar-refractivity contribution in [1.82, 2.24) is 8.61 Å². The van der Waals surface area contributed by atoms with Crippen LogP contribution in [0.2, 0.25) is 0 Å². The minimum atomic E-state index is -5.70. The third-order valence-corrected chi connectivity index (χ3v) is 4.05. The van der Waals surface area contributed by atoms with Crippen LogP contribution in [0.5, 0.6) is 0 Å². The summed E-state index contributed by atoms with van der Waals surface area (Å²) >= 11 is 0. The van der Waals surface area contributed by atoms with Gasteiger partial charge in [-0.25, -0.2) is 8.61 Å². The lowest BCUT2D eigenvalue weighted by molar-refractivity contribution is -0.166. The minimum absolute atomic E-state index is 0.891. The highest BCUT2D eigenvalue weighted by atomic mass is 32.2. The van der Waals surface area contributed by atoms with Gasteiger partial charge in [-0.2, -0.15) is 40.0 Å². The van der Waals surface area contributed by atoms with E-state index >= 15 is 0 Å². The van der Waals surface area contributed by atoms with Crippen LogP contribution in [0.25, 0.3) is 0 Å². The molecule has 0 aromatic carbocycles. The molecule has 1 heterocycles. The standard InChI is InChI=1S/C8H5F6N3O4S/c9-7(10,11)2-16-5(18)4(1-15)6(19)17(22(16,20)21)3-8(12,13)14/h4H,2-3H2. The number of nitrogens with zero attached hydrogens (tertiary/aromatic N) is 3. The Bertz CT molecular complexity index is 592. The zero-order chi connectivity index (χ0) is 17.5. The fourth-order valence-corrected chi connectivity index (χ4v) is 3.02. The number of halogens is 6. The van der Waals surface area contributed by atoms with Gasteiger partial charge in [-0.15, -0.1) is 0 Å². The number of carbonyl (C=O) groups is 2. The van der Waals surface area contributed by atoms with E-state index < -0.39 is 62.0 Å². The van der Waals surface area contributed by atoms with Crippen molar-refractivity contribution in [3.63, 3.8) is 0 Å². The molecule has 0 aromatic rings. The highest BCUT2D eigenvalue weighted by molar-refractivity contribution is 7.88. The van der Waals surface area contributed by atoms with Crippen molar-refractivity contribution in [3.8, 4) is 6.07 Å². The van der Waals surface area contributed by atoms with E-state index in [-0.39, 0.29) is 0 Å². The summed E-state index contributed by atoms with van der Waals surface area (Å²) in [5, 5.41) is 8.53. The molecule has 22 heavy (non-hydrogen) atoms. The van der Waals surface area contributed by atoms with Crippen molar-refractivity contribution in [3.05, 3.63) is 0 Å². The summed E-state index contributed by atoms with van der Waals surface area (Å²) in [5.41, 5.74) is 0. The summed E-state index contributed by atoms with van der Waals surface area (Å²) < 4.78 is 95.1. The van der Waals surface area contributed by atoms with Crippen molar-refractivity contribution >= 4 is 22.0 Å². The maximum atomic E-state index is 12.3. The van der Waals surface area contributed by atoms with E-state index in [1.807, 2.05) is 0 Å². The molecule has 0 N–H and O–H groups in total. The van der Waals surface area contributed by atoms with Gasteiger partial charge in [0, 0.05) is 0 Å². The van der Waals surface area contributed by atoms with Crippen molar-refractivity contribution in [2.75, 3.05) is 13.1 Å². The lowest BCUT2D eigenvalue weighted by Gasteiger charge is -2.36. The summed E-state index contributed by atoms with van der Waals surface area (Å²) in [6.45, 7) is -4.90. The van der Waals surface area contributed by atoms with E-state index in [2.05, 4.69) is 0 Å². The molecule has 0 unspecified atom stereocenters. The number of alkyl halides is 6. The third-order valence-electron chi connectivity index (χ3n) is 2.32. The summed E-state index contributed by atoms with van der Waals surface area (Å²) in [6.07, 6.45) is -10.5. The number of nitriles is 1. The van der Waals surface area contributed by atoms with Gasteiger partial charge in [0.2, 0.25) is 5.92 Å². The van der Waals surface area contributed by atoms with Crippen molar-refractivity contribution in [1.29, 1.82) is 5.26 Å². The Morgan fingerprint density at radius 3 is 1.50 bits per heavy atom. The molecule has 7 nitrogen and oxygen atoms in total. The van der Waals surface area contributed by atoms with Crippen LogP contribution in [0.3, 0.4) is 0 Å². The maximum absolute atomic E-state index is 12.3. The Labute approximate surface area is 118 Å². The second-order valence-electron chi connectivity index (χ2n) is 3.99. The Morgan fingerprint density at radius 1 is 0.955 bits per heavy atom. The van der Waals surface area contributed by atoms with Gasteiger partial charge >= 0.3 is 22.6 Å². The van der Waals surface area contributed by atoms with Crippen LogP contribution in [-0.2, 0) is 19.8 Å². The smallest absolute Gasteiger partial charge is 0.272 e. The Hall–Kier alpha value is -2.04. The zero-order valence-corrected chi connectivity index (χ0v) is 11.0. The largest absolute Gasteiger partial charge is 0.407 e. The molecule has 1 aliphatic heterocycles. The molecule has 2 amide bonds. The normalized spacial score (nSPS) is 20.2. The first-order chi connectivity index (χ1) is 9.70. The van der Waals surface area contributed by atoms with E-state index in [0.717, 1.165) is 6.07 Å². The molecule has 0 atom stereocenters. The second kappa shape index (κ2) is 5.30. The summed E-state index contributed by atoms with van der Waals surface area (Å²) in [4.78, 5) is 22.9. The molecular weight excluding hydrogens is 348 g/mol. The fraction of sp³-hybridized carbons (Fsp3) is 0.625. The molecule has 0 radical (unpaired) electrons. The van der Waals surface area contributed by atoms with Gasteiger partial charge in [0.25, 0.3) is 11.8 Å². The number of hydrogen-bond acceptors (Lipinski definition) is 5. The van der Waals surface area contributed by atoms with E-state index in [1.54, 1.807) is 0 Å². The van der Waals surface area contributed by atoms with E-state index in [0.29, 0.717) is 0 Å². The van der Waals surface area contributed by atoms with Crippen LogP contribution in [-0.4, -0.2) is 54.3 Å². The summed E-state index contributed by atoms with van der Waals surface area (Å²) in [5.74, 6) is -6.71. The third kappa shape index (κ3) is 3.59. The lowest BCUT2D eigenvalue weighted by Crippen LogP contribution is -2.62. The van der Waals surface area contributed by atoms with Gasteiger partial charge in [0.15, 0.2) is 0 Å². The molecule has 1 aliphatic rings. The average Bonchev–Trinajstić information content (AvgIpc) is 2.29. The van der Waals surface area contributed by atoms with Crippen LogP contribution in [0.1, 0.15) is 0 Å². The van der Waals surface area contributed by atoms with E-state index in [4.69, 9.17) is 5.26 Å². The monoisotopic (exact) mass is 353 g/mol. The molecule has 14 heteroatoms. The van der Waals surface area contributed by atoms with Gasteiger partial charge in [-0.3, -0.25) is 9.59 Å². The molecule has 1 fully saturated rings. The number of hydrogen-bond donors (Lipinski definition) is 0. The number of rotatable bonds is 2. The summed E-state index contributed by atoms with van der Waals surface area (Å²) in [7, 11) is -5.70. The maximum Gasteiger partial charge on any atom is 0.407 e. The molecule has 0 aromatic heterocycles. The molecule has 1 rings (SSSR count). The van der Waals surface area contributed by atoms with Crippen LogP contribution in [0.15, 0.2) is 0 Å². The Balaban J connectivity index is 3.37. The quantitative estimate of drug-likeness (QED) is 0.520. The van der Waals surface area contributed by atoms with Gasteiger partial charge in [-0.05, 0) is 0 Å². The minimum Gasteiger partial charge on any atom is -0.272 e. The second-order valence-corrected chi connectivity index (χ2v) is 5.77. The van der Waals surface area contributed by atoms with E-state index in [1.165, 1.54) is 0 Å². The molecule has 0 spiro atoms. The molecule has 124 valence electrons. The first-order valence-electron chi connectivity index (χ1n) is 5.12. The first-order valence-corrected chi connectivity index (χ1v) is 6.51. The van der Waals surface area contributed by atoms with Crippen LogP contribution < -0.4 is 0 Å². The van der Waals surface area contributed by atoms with Crippen LogP contribution in [0, 0.1) is 17.2 Å². The molecule has 1 saturated heterocycles. The lowest BCUT2D eigenvalue weighted by atomic mass is 10.1. The highest BCUT2D eigenvalue weighted by Crippen LogP contribution is 2.30. The van der Waals surface area contributed by atoms with Crippen LogP contribution in [0.4, 0.5) is 26.3 Å². The van der Waals surface area contributed by atoms with Gasteiger partial charge in [0.1, 0.15) is 13.1 Å². The van der Waals surface area contributed by atoms with Gasteiger partial charge in [0.05, 0.1) is 6.07 Å². The van der Waals surface area contributed by atoms with Gasteiger partial charge in [-0.1, -0.05) is 0 Å².